The van der Waals surface area contributed by atoms with Crippen LogP contribution in [-0.2, 0) is 6.54 Å². The van der Waals surface area contributed by atoms with Crippen LogP contribution in [0.4, 0.5) is 0 Å². The van der Waals surface area contributed by atoms with Crippen molar-refractivity contribution in [2.75, 3.05) is 20.1 Å². The number of hydrogen-bond acceptors (Lipinski definition) is 3. The second kappa shape index (κ2) is 5.32. The van der Waals surface area contributed by atoms with Crippen LogP contribution in [0, 0.1) is 5.92 Å². The van der Waals surface area contributed by atoms with E-state index in [2.05, 4.69) is 32.9 Å². The van der Waals surface area contributed by atoms with Gasteiger partial charge in [-0.25, -0.2) is 0 Å². The lowest BCUT2D eigenvalue weighted by atomic mass is 9.83. The lowest BCUT2D eigenvalue weighted by Gasteiger charge is -2.42. The molecule has 0 saturated carbocycles. The number of fused-ring (bicyclic) bond motifs is 4. The summed E-state index contributed by atoms with van der Waals surface area (Å²) in [5.41, 5.74) is 2.90. The van der Waals surface area contributed by atoms with E-state index in [0.29, 0.717) is 11.8 Å². The number of pyridine rings is 2. The maximum absolute atomic E-state index is 13.0. The summed E-state index contributed by atoms with van der Waals surface area (Å²) in [5.74, 6) is 1.02. The van der Waals surface area contributed by atoms with Gasteiger partial charge in [-0.15, -0.1) is 0 Å². The lowest BCUT2D eigenvalue weighted by Crippen LogP contribution is -2.46. The minimum absolute atomic E-state index is 0.116. The molecule has 0 spiro atoms. The predicted octanol–water partition coefficient (Wildman–Crippen LogP) is 2.72. The molecule has 4 heterocycles. The van der Waals surface area contributed by atoms with E-state index in [9.17, 15) is 4.79 Å². The van der Waals surface area contributed by atoms with Crippen LogP contribution in [0.5, 0.6) is 0 Å². The van der Waals surface area contributed by atoms with Gasteiger partial charge in [-0.2, -0.15) is 0 Å². The number of rotatable bonds is 1. The summed E-state index contributed by atoms with van der Waals surface area (Å²) >= 11 is 3.71. The Hall–Kier alpha value is -1.46. The van der Waals surface area contributed by atoms with E-state index in [-0.39, 0.29) is 5.56 Å². The van der Waals surface area contributed by atoms with Crippen LogP contribution in [0.1, 0.15) is 18.0 Å². The molecule has 1 saturated heterocycles. The molecule has 0 radical (unpaired) electrons. The maximum atomic E-state index is 13.0. The third-order valence-corrected chi connectivity index (χ3v) is 5.44. The Kier molecular flexibility index (Phi) is 3.42. The van der Waals surface area contributed by atoms with Gasteiger partial charge < -0.3 is 9.47 Å². The molecule has 0 amide bonds. The summed E-state index contributed by atoms with van der Waals surface area (Å²) in [4.78, 5) is 19.5. The van der Waals surface area contributed by atoms with E-state index in [4.69, 9.17) is 0 Å². The highest BCUT2D eigenvalue weighted by Gasteiger charge is 2.35. The van der Waals surface area contributed by atoms with Crippen molar-refractivity contribution in [3.05, 3.63) is 51.1 Å². The lowest BCUT2D eigenvalue weighted by molar-refractivity contribution is 0.144. The van der Waals surface area contributed by atoms with E-state index in [0.717, 1.165) is 35.2 Å². The van der Waals surface area contributed by atoms with Crippen molar-refractivity contribution >= 4 is 15.9 Å². The van der Waals surface area contributed by atoms with Crippen molar-refractivity contribution in [1.29, 1.82) is 0 Å². The first-order valence-corrected chi connectivity index (χ1v) is 8.45. The van der Waals surface area contributed by atoms with Gasteiger partial charge in [0, 0.05) is 59.2 Å². The monoisotopic (exact) mass is 359 g/mol. The van der Waals surface area contributed by atoms with Crippen LogP contribution in [0.25, 0.3) is 11.1 Å². The van der Waals surface area contributed by atoms with Gasteiger partial charge in [-0.1, -0.05) is 6.07 Å². The Bertz CT molecular complexity index is 771. The summed E-state index contributed by atoms with van der Waals surface area (Å²) in [6, 6.07) is 5.79. The van der Waals surface area contributed by atoms with Crippen molar-refractivity contribution in [3.63, 3.8) is 0 Å². The largest absolute Gasteiger partial charge is 0.310 e. The second-order valence-electron chi connectivity index (χ2n) is 6.47. The average molecular weight is 360 g/mol. The molecule has 114 valence electrons. The van der Waals surface area contributed by atoms with Gasteiger partial charge in [0.2, 0.25) is 0 Å². The third-order valence-electron chi connectivity index (χ3n) is 4.80. The fourth-order valence-corrected chi connectivity index (χ4v) is 4.77. The topological polar surface area (TPSA) is 38.1 Å². The van der Waals surface area contributed by atoms with Gasteiger partial charge >= 0.3 is 0 Å². The van der Waals surface area contributed by atoms with Crippen LogP contribution in [0.2, 0.25) is 0 Å². The number of hydrogen-bond donors (Lipinski definition) is 0. The number of likely N-dealkylation sites (N-methyl/N-ethyl adjacent to an activating group) is 1. The molecule has 5 heteroatoms. The van der Waals surface area contributed by atoms with Crippen molar-refractivity contribution in [2.45, 2.75) is 18.9 Å². The predicted molar refractivity (Wildman–Crippen MR) is 90.0 cm³/mol. The molecule has 0 aliphatic carbocycles. The fourth-order valence-electron chi connectivity index (χ4n) is 4.00. The Morgan fingerprint density at radius 2 is 2.18 bits per heavy atom. The van der Waals surface area contributed by atoms with E-state index in [1.54, 1.807) is 12.4 Å². The first-order chi connectivity index (χ1) is 10.6. The first kappa shape index (κ1) is 14.2. The summed E-state index contributed by atoms with van der Waals surface area (Å²) in [6.07, 6.45) is 4.68. The summed E-state index contributed by atoms with van der Waals surface area (Å²) in [6.45, 7) is 2.93. The number of aromatic nitrogens is 2. The van der Waals surface area contributed by atoms with E-state index >= 15 is 0 Å². The van der Waals surface area contributed by atoms with Crippen molar-refractivity contribution in [1.82, 2.24) is 14.5 Å². The van der Waals surface area contributed by atoms with Crippen molar-refractivity contribution in [3.8, 4) is 11.1 Å². The molecular formula is C17H18BrN3O. The van der Waals surface area contributed by atoms with Crippen LogP contribution in [0.3, 0.4) is 0 Å². The van der Waals surface area contributed by atoms with Crippen molar-refractivity contribution in [2.24, 2.45) is 5.92 Å². The Morgan fingerprint density at radius 1 is 1.32 bits per heavy atom. The third kappa shape index (κ3) is 2.23. The van der Waals surface area contributed by atoms with E-state index in [1.807, 2.05) is 22.8 Å². The average Bonchev–Trinajstić information content (AvgIpc) is 2.50. The Morgan fingerprint density at radius 3 is 2.95 bits per heavy atom. The quantitative estimate of drug-likeness (QED) is 0.785. The molecule has 2 atom stereocenters. The van der Waals surface area contributed by atoms with E-state index < -0.39 is 0 Å². The standard InChI is InChI=1S/C17H18BrN3O/c1-20-8-11-5-13(10-20)16-15(18)6-14(17(22)21(16)9-11)12-3-2-4-19-7-12/h2-4,6-7,11,13H,5,8-10H2,1H3. The van der Waals surface area contributed by atoms with Gasteiger partial charge in [0.1, 0.15) is 0 Å². The zero-order valence-electron chi connectivity index (χ0n) is 12.5. The summed E-state index contributed by atoms with van der Waals surface area (Å²) < 4.78 is 3.04. The van der Waals surface area contributed by atoms with Crippen LogP contribution >= 0.6 is 15.9 Å². The van der Waals surface area contributed by atoms with Gasteiger partial charge in [-0.05, 0) is 47.4 Å². The molecule has 4 nitrogen and oxygen atoms in total. The number of likely N-dealkylation sites (tertiary alicyclic amines) is 1. The van der Waals surface area contributed by atoms with Gasteiger partial charge in [0.15, 0.2) is 0 Å². The molecule has 2 unspecified atom stereocenters. The first-order valence-electron chi connectivity index (χ1n) is 7.65. The van der Waals surface area contributed by atoms with Gasteiger partial charge in [0.05, 0.1) is 0 Å². The molecule has 0 N–H and O–H groups in total. The molecule has 22 heavy (non-hydrogen) atoms. The molecule has 0 aromatic carbocycles. The Balaban J connectivity index is 1.90. The second-order valence-corrected chi connectivity index (χ2v) is 7.32. The maximum Gasteiger partial charge on any atom is 0.258 e. The summed E-state index contributed by atoms with van der Waals surface area (Å²) in [5, 5.41) is 0. The molecule has 2 aromatic rings. The van der Waals surface area contributed by atoms with Crippen LogP contribution in [-0.4, -0.2) is 34.6 Å². The molecule has 2 aliphatic rings. The highest BCUT2D eigenvalue weighted by Crippen LogP contribution is 2.39. The van der Waals surface area contributed by atoms with E-state index in [1.165, 1.54) is 12.1 Å². The summed E-state index contributed by atoms with van der Waals surface area (Å²) in [7, 11) is 2.17. The minimum atomic E-state index is 0.116. The van der Waals surface area contributed by atoms with Gasteiger partial charge in [0.25, 0.3) is 5.56 Å². The smallest absolute Gasteiger partial charge is 0.258 e. The molecule has 2 aromatic heterocycles. The molecule has 4 rings (SSSR count). The number of halogens is 1. The number of nitrogens with zero attached hydrogens (tertiary/aromatic N) is 3. The van der Waals surface area contributed by atoms with Crippen LogP contribution < -0.4 is 5.56 Å². The SMILES string of the molecule is CN1CC2CC(C1)c1c(Br)cc(-c3cccnc3)c(=O)n1C2. The highest BCUT2D eigenvalue weighted by atomic mass is 79.9. The highest BCUT2D eigenvalue weighted by molar-refractivity contribution is 9.10. The fraction of sp³-hybridized carbons (Fsp3) is 0.412. The van der Waals surface area contributed by atoms with Gasteiger partial charge in [-0.3, -0.25) is 9.78 Å². The minimum Gasteiger partial charge on any atom is -0.310 e. The number of piperidine rings is 1. The van der Waals surface area contributed by atoms with Crippen LogP contribution in [0.15, 0.2) is 39.9 Å². The molecule has 2 aliphatic heterocycles. The molecular weight excluding hydrogens is 342 g/mol. The zero-order chi connectivity index (χ0) is 15.3. The zero-order valence-corrected chi connectivity index (χ0v) is 14.1. The normalized spacial score (nSPS) is 24.1. The van der Waals surface area contributed by atoms with Crippen molar-refractivity contribution < 1.29 is 0 Å². The molecule has 2 bridgehead atoms. The Labute approximate surface area is 137 Å². The molecule has 1 fully saturated rings.